The van der Waals surface area contributed by atoms with E-state index in [1.807, 2.05) is 0 Å². The first-order valence-corrected chi connectivity index (χ1v) is 3.27. The summed E-state index contributed by atoms with van der Waals surface area (Å²) in [6.07, 6.45) is 2.21. The van der Waals surface area contributed by atoms with Crippen molar-refractivity contribution >= 4 is 11.9 Å². The fraction of sp³-hybridized carbons (Fsp3) is 0.429. The van der Waals surface area contributed by atoms with Gasteiger partial charge in [-0.25, -0.2) is 4.79 Å². The zero-order valence-corrected chi connectivity index (χ0v) is 6.59. The summed E-state index contributed by atoms with van der Waals surface area (Å²) in [5, 5.41) is 2.33. The Morgan fingerprint density at radius 3 is 2.55 bits per heavy atom. The van der Waals surface area contributed by atoms with Crippen LogP contribution in [-0.4, -0.2) is 25.5 Å². The third kappa shape index (κ3) is 5.14. The Morgan fingerprint density at radius 1 is 1.45 bits per heavy atom. The van der Waals surface area contributed by atoms with Gasteiger partial charge in [-0.1, -0.05) is 0 Å². The number of hydrogen-bond donors (Lipinski definition) is 1. The Hall–Kier alpha value is -1.32. The van der Waals surface area contributed by atoms with Crippen LogP contribution in [0.15, 0.2) is 12.2 Å². The van der Waals surface area contributed by atoms with Crippen molar-refractivity contribution in [3.63, 3.8) is 0 Å². The summed E-state index contributed by atoms with van der Waals surface area (Å²) in [5.74, 6) is -0.825. The first-order valence-electron chi connectivity index (χ1n) is 3.27. The summed E-state index contributed by atoms with van der Waals surface area (Å²) in [4.78, 5) is 21.1. The van der Waals surface area contributed by atoms with E-state index in [0.717, 1.165) is 12.2 Å². The summed E-state index contributed by atoms with van der Waals surface area (Å²) in [6.45, 7) is 2.02. The smallest absolute Gasteiger partial charge is 0.330 e. The second kappa shape index (κ2) is 5.46. The average molecular weight is 157 g/mol. The minimum absolute atomic E-state index is 0.316. The maximum absolute atomic E-state index is 10.6. The summed E-state index contributed by atoms with van der Waals surface area (Å²) in [6, 6.07) is 0. The number of hydrogen-bond acceptors (Lipinski definition) is 3. The maximum Gasteiger partial charge on any atom is 0.330 e. The third-order valence-corrected chi connectivity index (χ3v) is 0.904. The Bertz CT molecular complexity index is 175. The summed E-state index contributed by atoms with van der Waals surface area (Å²) < 4.78 is 4.53. The van der Waals surface area contributed by atoms with Crippen molar-refractivity contribution in [2.75, 3.05) is 13.7 Å². The molecule has 0 heterocycles. The van der Waals surface area contributed by atoms with Crippen LogP contribution in [0.25, 0.3) is 0 Å². The van der Waals surface area contributed by atoms with Gasteiger partial charge in [-0.3, -0.25) is 4.79 Å². The molecule has 0 saturated carbocycles. The standard InChI is InChI=1S/C7H11NO3/c1-3-11-7(10)5-4-6(9)8-2/h4-5H,3H2,1-2H3,(H,8,9). The molecular weight excluding hydrogens is 146 g/mol. The molecule has 0 fully saturated rings. The maximum atomic E-state index is 10.6. The summed E-state index contributed by atoms with van der Waals surface area (Å²) >= 11 is 0. The fourth-order valence-electron chi connectivity index (χ4n) is 0.417. The van der Waals surface area contributed by atoms with Crippen molar-refractivity contribution in [2.45, 2.75) is 6.92 Å². The first-order chi connectivity index (χ1) is 5.20. The average Bonchev–Trinajstić information content (AvgIpc) is 2.01. The highest BCUT2D eigenvalue weighted by molar-refractivity contribution is 5.94. The number of nitrogens with one attached hydrogen (secondary N) is 1. The van der Waals surface area contributed by atoms with Gasteiger partial charge in [0.25, 0.3) is 0 Å². The Balaban J connectivity index is 3.73. The molecule has 4 nitrogen and oxygen atoms in total. The lowest BCUT2D eigenvalue weighted by molar-refractivity contribution is -0.137. The van der Waals surface area contributed by atoms with Gasteiger partial charge in [0, 0.05) is 19.2 Å². The molecule has 0 radical (unpaired) electrons. The summed E-state index contributed by atoms with van der Waals surface area (Å²) in [7, 11) is 1.48. The van der Waals surface area contributed by atoms with E-state index in [1.54, 1.807) is 6.92 Å². The van der Waals surface area contributed by atoms with Gasteiger partial charge in [0.15, 0.2) is 0 Å². The van der Waals surface area contributed by atoms with Crippen LogP contribution in [0.4, 0.5) is 0 Å². The van der Waals surface area contributed by atoms with E-state index in [9.17, 15) is 9.59 Å². The normalized spacial score (nSPS) is 9.64. The largest absolute Gasteiger partial charge is 0.463 e. The second-order valence-corrected chi connectivity index (χ2v) is 1.70. The quantitative estimate of drug-likeness (QED) is 0.458. The van der Waals surface area contributed by atoms with Crippen LogP contribution in [-0.2, 0) is 14.3 Å². The van der Waals surface area contributed by atoms with Crippen molar-refractivity contribution in [1.29, 1.82) is 0 Å². The minimum atomic E-state index is -0.504. The molecule has 0 aliphatic heterocycles. The lowest BCUT2D eigenvalue weighted by atomic mass is 10.5. The Morgan fingerprint density at radius 2 is 2.09 bits per heavy atom. The van der Waals surface area contributed by atoms with Crippen LogP contribution in [0.5, 0.6) is 0 Å². The molecule has 1 amide bonds. The lowest BCUT2D eigenvalue weighted by Crippen LogP contribution is -2.14. The van der Waals surface area contributed by atoms with Crippen molar-refractivity contribution in [3.05, 3.63) is 12.2 Å². The number of ether oxygens (including phenoxy) is 1. The molecule has 0 aromatic heterocycles. The Kier molecular flexibility index (Phi) is 4.81. The Labute approximate surface area is 65.2 Å². The highest BCUT2D eigenvalue weighted by atomic mass is 16.5. The molecule has 11 heavy (non-hydrogen) atoms. The topological polar surface area (TPSA) is 55.4 Å². The monoisotopic (exact) mass is 157 g/mol. The van der Waals surface area contributed by atoms with Crippen LogP contribution < -0.4 is 5.32 Å². The zero-order chi connectivity index (χ0) is 8.69. The van der Waals surface area contributed by atoms with Crippen molar-refractivity contribution < 1.29 is 14.3 Å². The molecule has 0 aromatic rings. The molecule has 0 bridgehead atoms. The van der Waals surface area contributed by atoms with Crippen LogP contribution in [0.2, 0.25) is 0 Å². The van der Waals surface area contributed by atoms with Gasteiger partial charge in [-0.15, -0.1) is 0 Å². The third-order valence-electron chi connectivity index (χ3n) is 0.904. The molecule has 0 aliphatic rings. The number of carbonyl (C=O) groups is 2. The van der Waals surface area contributed by atoms with E-state index in [0.29, 0.717) is 6.61 Å². The van der Waals surface area contributed by atoms with Gasteiger partial charge >= 0.3 is 5.97 Å². The van der Waals surface area contributed by atoms with E-state index in [1.165, 1.54) is 7.05 Å². The number of likely N-dealkylation sites (N-methyl/N-ethyl adjacent to an activating group) is 1. The SMILES string of the molecule is CCOC(=O)C=CC(=O)NC. The summed E-state index contributed by atoms with van der Waals surface area (Å²) in [5.41, 5.74) is 0. The van der Waals surface area contributed by atoms with Crippen LogP contribution in [0.1, 0.15) is 6.92 Å². The van der Waals surface area contributed by atoms with Crippen molar-refractivity contribution in [3.8, 4) is 0 Å². The van der Waals surface area contributed by atoms with E-state index >= 15 is 0 Å². The number of esters is 1. The zero-order valence-electron chi connectivity index (χ0n) is 6.59. The molecule has 0 rings (SSSR count). The van der Waals surface area contributed by atoms with Gasteiger partial charge in [0.1, 0.15) is 0 Å². The molecule has 62 valence electrons. The first kappa shape index (κ1) is 9.68. The predicted molar refractivity (Wildman–Crippen MR) is 39.8 cm³/mol. The van der Waals surface area contributed by atoms with Crippen LogP contribution in [0, 0.1) is 0 Å². The molecule has 0 atom stereocenters. The number of rotatable bonds is 3. The predicted octanol–water partition coefficient (Wildman–Crippen LogP) is -0.148. The molecule has 1 N–H and O–H groups in total. The van der Waals surface area contributed by atoms with E-state index in [2.05, 4.69) is 10.1 Å². The van der Waals surface area contributed by atoms with E-state index < -0.39 is 5.97 Å². The molecular formula is C7H11NO3. The van der Waals surface area contributed by atoms with Gasteiger partial charge in [-0.2, -0.15) is 0 Å². The number of carbonyl (C=O) groups excluding carboxylic acids is 2. The van der Waals surface area contributed by atoms with Crippen LogP contribution in [0.3, 0.4) is 0 Å². The van der Waals surface area contributed by atoms with E-state index in [4.69, 9.17) is 0 Å². The fourth-order valence-corrected chi connectivity index (χ4v) is 0.417. The van der Waals surface area contributed by atoms with Crippen LogP contribution >= 0.6 is 0 Å². The highest BCUT2D eigenvalue weighted by Crippen LogP contribution is 1.80. The molecule has 0 spiro atoms. The van der Waals surface area contributed by atoms with Gasteiger partial charge < -0.3 is 10.1 Å². The molecule has 0 aromatic carbocycles. The number of amides is 1. The molecule has 0 aliphatic carbocycles. The van der Waals surface area contributed by atoms with Gasteiger partial charge in [-0.05, 0) is 6.92 Å². The minimum Gasteiger partial charge on any atom is -0.463 e. The molecule has 4 heteroatoms. The highest BCUT2D eigenvalue weighted by Gasteiger charge is 1.94. The molecule has 0 unspecified atom stereocenters. The van der Waals surface area contributed by atoms with Crippen molar-refractivity contribution in [2.24, 2.45) is 0 Å². The molecule has 0 saturated heterocycles. The van der Waals surface area contributed by atoms with E-state index in [-0.39, 0.29) is 5.91 Å². The van der Waals surface area contributed by atoms with Gasteiger partial charge in [0.2, 0.25) is 5.91 Å². The van der Waals surface area contributed by atoms with Crippen molar-refractivity contribution in [1.82, 2.24) is 5.32 Å². The second-order valence-electron chi connectivity index (χ2n) is 1.70. The van der Waals surface area contributed by atoms with Gasteiger partial charge in [0.05, 0.1) is 6.61 Å². The lowest BCUT2D eigenvalue weighted by Gasteiger charge is -1.93.